The number of hydrogen-bond acceptors (Lipinski definition) is 7. The van der Waals surface area contributed by atoms with E-state index >= 15 is 0 Å². The van der Waals surface area contributed by atoms with Gasteiger partial charge in [0.05, 0.1) is 5.69 Å². The van der Waals surface area contributed by atoms with E-state index in [1.54, 1.807) is 13.8 Å². The fourth-order valence-electron chi connectivity index (χ4n) is 3.80. The summed E-state index contributed by atoms with van der Waals surface area (Å²) in [4.78, 5) is 17.5. The number of nitrogens with one attached hydrogen (secondary N) is 1. The van der Waals surface area contributed by atoms with Crippen molar-refractivity contribution in [3.05, 3.63) is 46.2 Å². The summed E-state index contributed by atoms with van der Waals surface area (Å²) >= 11 is 1.32. The first kappa shape index (κ1) is 21.7. The van der Waals surface area contributed by atoms with E-state index in [1.807, 2.05) is 24.4 Å². The van der Waals surface area contributed by atoms with Crippen LogP contribution in [0, 0.1) is 27.7 Å². The highest BCUT2D eigenvalue weighted by molar-refractivity contribution is 7.89. The minimum atomic E-state index is -3.89. The van der Waals surface area contributed by atoms with Crippen molar-refractivity contribution in [1.29, 1.82) is 0 Å². The van der Waals surface area contributed by atoms with Gasteiger partial charge in [0.15, 0.2) is 10.9 Å². The summed E-state index contributed by atoms with van der Waals surface area (Å²) in [5, 5.41) is 8.87. The Morgan fingerprint density at radius 1 is 1.23 bits per heavy atom. The predicted octanol–water partition coefficient (Wildman–Crippen LogP) is 3.82. The lowest BCUT2D eigenvalue weighted by molar-refractivity contribution is -0.119. The molecule has 3 aromatic rings. The fraction of sp³-hybridized carbons (Fsp3) is 0.381. The lowest BCUT2D eigenvalue weighted by atomic mass is 10.1. The fourth-order valence-corrected chi connectivity index (χ4v) is 6.48. The third-order valence-corrected chi connectivity index (χ3v) is 8.49. The minimum absolute atomic E-state index is 0.0403. The van der Waals surface area contributed by atoms with Crippen LogP contribution in [0.3, 0.4) is 0 Å². The topological polar surface area (TPSA) is 105 Å². The van der Waals surface area contributed by atoms with Crippen molar-refractivity contribution >= 4 is 32.4 Å². The summed E-state index contributed by atoms with van der Waals surface area (Å²) < 4.78 is 32.6. The summed E-state index contributed by atoms with van der Waals surface area (Å²) in [5.74, 6) is -0.157. The van der Waals surface area contributed by atoms with Crippen molar-refractivity contribution in [1.82, 2.24) is 14.4 Å². The van der Waals surface area contributed by atoms with Gasteiger partial charge >= 0.3 is 0 Å². The molecule has 1 aromatic carbocycles. The first-order chi connectivity index (χ1) is 14.7. The molecule has 0 unspecified atom stereocenters. The standard InChI is InChI=1S/C21H24N4O4S2/c1-12-7-8-16(10-13(12)2)17-11-30-21(22-17)23-20(26)18-6-5-9-25(18)31(27,28)19-14(3)24-29-15(19)4/h7-8,10-11,18H,5-6,9H2,1-4H3,(H,22,23,26)/t18-/m0/s1. The van der Waals surface area contributed by atoms with Crippen molar-refractivity contribution in [3.63, 3.8) is 0 Å². The number of carbonyl (C=O) groups excluding carboxylic acids is 1. The normalized spacial score (nSPS) is 17.2. The van der Waals surface area contributed by atoms with Gasteiger partial charge in [0.25, 0.3) is 0 Å². The van der Waals surface area contributed by atoms with Crippen LogP contribution in [-0.4, -0.2) is 41.4 Å². The molecule has 4 rings (SSSR count). The maximum atomic E-state index is 13.2. The number of thiazole rings is 1. The van der Waals surface area contributed by atoms with E-state index in [0.29, 0.717) is 23.7 Å². The van der Waals surface area contributed by atoms with Crippen LogP contribution in [0.4, 0.5) is 5.13 Å². The van der Waals surface area contributed by atoms with Gasteiger partial charge in [0, 0.05) is 17.5 Å². The van der Waals surface area contributed by atoms with Gasteiger partial charge < -0.3 is 9.84 Å². The molecule has 31 heavy (non-hydrogen) atoms. The van der Waals surface area contributed by atoms with Crippen molar-refractivity contribution in [2.45, 2.75) is 51.5 Å². The molecular formula is C21H24N4O4S2. The number of anilines is 1. The summed E-state index contributed by atoms with van der Waals surface area (Å²) in [5.41, 5.74) is 4.41. The second-order valence-electron chi connectivity index (χ2n) is 7.75. The van der Waals surface area contributed by atoms with Crippen LogP contribution in [-0.2, 0) is 14.8 Å². The molecule has 1 amide bonds. The molecule has 1 aliphatic rings. The maximum Gasteiger partial charge on any atom is 0.249 e. The largest absolute Gasteiger partial charge is 0.360 e. The lowest BCUT2D eigenvalue weighted by Crippen LogP contribution is -2.43. The van der Waals surface area contributed by atoms with Crippen LogP contribution in [0.1, 0.15) is 35.4 Å². The Kier molecular flexibility index (Phi) is 5.71. The highest BCUT2D eigenvalue weighted by Gasteiger charge is 2.42. The van der Waals surface area contributed by atoms with Crippen LogP contribution >= 0.6 is 11.3 Å². The van der Waals surface area contributed by atoms with E-state index in [1.165, 1.54) is 26.8 Å². The molecule has 1 saturated heterocycles. The number of carbonyl (C=O) groups is 1. The number of nitrogens with zero attached hydrogens (tertiary/aromatic N) is 3. The smallest absolute Gasteiger partial charge is 0.249 e. The third kappa shape index (κ3) is 4.02. The molecule has 1 aliphatic heterocycles. The van der Waals surface area contributed by atoms with Crippen molar-refractivity contribution in [2.75, 3.05) is 11.9 Å². The zero-order chi connectivity index (χ0) is 22.3. The van der Waals surface area contributed by atoms with Gasteiger partial charge in [-0.3, -0.25) is 4.79 Å². The Balaban J connectivity index is 1.53. The Hall–Kier alpha value is -2.56. The van der Waals surface area contributed by atoms with E-state index in [4.69, 9.17) is 4.52 Å². The number of benzene rings is 1. The van der Waals surface area contributed by atoms with Crippen LogP contribution < -0.4 is 5.32 Å². The number of rotatable bonds is 5. The molecule has 10 heteroatoms. The van der Waals surface area contributed by atoms with Gasteiger partial charge in [0.1, 0.15) is 16.6 Å². The Morgan fingerprint density at radius 2 is 2.00 bits per heavy atom. The van der Waals surface area contributed by atoms with E-state index in [9.17, 15) is 13.2 Å². The zero-order valence-electron chi connectivity index (χ0n) is 17.8. The van der Waals surface area contributed by atoms with Gasteiger partial charge in [-0.1, -0.05) is 17.3 Å². The van der Waals surface area contributed by atoms with Crippen LogP contribution in [0.5, 0.6) is 0 Å². The van der Waals surface area contributed by atoms with E-state index in [-0.39, 0.29) is 23.1 Å². The van der Waals surface area contributed by atoms with E-state index in [0.717, 1.165) is 11.3 Å². The zero-order valence-corrected chi connectivity index (χ0v) is 19.4. The van der Waals surface area contributed by atoms with Crippen LogP contribution in [0.2, 0.25) is 0 Å². The summed E-state index contributed by atoms with van der Waals surface area (Å²) in [6.45, 7) is 7.51. The van der Waals surface area contributed by atoms with Gasteiger partial charge in [-0.15, -0.1) is 11.3 Å². The average molecular weight is 461 g/mol. The summed E-state index contributed by atoms with van der Waals surface area (Å²) in [6.07, 6.45) is 1.05. The molecule has 8 nitrogen and oxygen atoms in total. The van der Waals surface area contributed by atoms with Crippen molar-refractivity contribution < 1.29 is 17.7 Å². The van der Waals surface area contributed by atoms with E-state index in [2.05, 4.69) is 28.4 Å². The van der Waals surface area contributed by atoms with E-state index < -0.39 is 16.1 Å². The lowest BCUT2D eigenvalue weighted by Gasteiger charge is -2.22. The van der Waals surface area contributed by atoms with Gasteiger partial charge in [-0.05, 0) is 57.7 Å². The average Bonchev–Trinajstić information content (AvgIpc) is 3.44. The molecule has 0 saturated carbocycles. The first-order valence-electron chi connectivity index (χ1n) is 9.97. The minimum Gasteiger partial charge on any atom is -0.360 e. The quantitative estimate of drug-likeness (QED) is 0.620. The third-order valence-electron chi connectivity index (χ3n) is 5.58. The predicted molar refractivity (Wildman–Crippen MR) is 119 cm³/mol. The molecule has 164 valence electrons. The first-order valence-corrected chi connectivity index (χ1v) is 12.3. The molecule has 0 bridgehead atoms. The summed E-state index contributed by atoms with van der Waals surface area (Å²) in [7, 11) is -3.89. The number of aryl methyl sites for hydroxylation is 4. The molecule has 0 spiro atoms. The number of hydrogen-bond donors (Lipinski definition) is 1. The molecule has 3 heterocycles. The second kappa shape index (κ2) is 8.18. The number of aromatic nitrogens is 2. The molecule has 1 atom stereocenters. The Bertz CT molecular complexity index is 1230. The molecular weight excluding hydrogens is 436 g/mol. The molecule has 0 radical (unpaired) electrons. The van der Waals surface area contributed by atoms with Gasteiger partial charge in [-0.25, -0.2) is 13.4 Å². The van der Waals surface area contributed by atoms with Crippen LogP contribution in [0.25, 0.3) is 11.3 Å². The van der Waals surface area contributed by atoms with Gasteiger partial charge in [0.2, 0.25) is 15.9 Å². The molecule has 1 fully saturated rings. The Morgan fingerprint density at radius 3 is 2.68 bits per heavy atom. The highest BCUT2D eigenvalue weighted by Crippen LogP contribution is 2.31. The Labute approximate surface area is 185 Å². The van der Waals surface area contributed by atoms with Gasteiger partial charge in [-0.2, -0.15) is 4.31 Å². The number of amides is 1. The van der Waals surface area contributed by atoms with Crippen molar-refractivity contribution in [2.24, 2.45) is 0 Å². The molecule has 0 aliphatic carbocycles. The number of sulfonamides is 1. The SMILES string of the molecule is Cc1ccc(-c2csc(NC(=O)[C@@H]3CCCN3S(=O)(=O)c3c(C)noc3C)n2)cc1C. The van der Waals surface area contributed by atoms with Crippen LogP contribution in [0.15, 0.2) is 33.0 Å². The van der Waals surface area contributed by atoms with Crippen molar-refractivity contribution in [3.8, 4) is 11.3 Å². The molecule has 1 N–H and O–H groups in total. The maximum absolute atomic E-state index is 13.2. The highest BCUT2D eigenvalue weighted by atomic mass is 32.2. The molecule has 2 aromatic heterocycles. The second-order valence-corrected chi connectivity index (χ2v) is 10.4. The summed E-state index contributed by atoms with van der Waals surface area (Å²) in [6, 6.07) is 5.30. The monoisotopic (exact) mass is 460 g/mol.